The Balaban J connectivity index is 1.57. The summed E-state index contributed by atoms with van der Waals surface area (Å²) < 4.78 is 2.39. The van der Waals surface area contributed by atoms with Crippen LogP contribution >= 0.6 is 11.6 Å². The fraction of sp³-hybridized carbons (Fsp3) is 0. The summed E-state index contributed by atoms with van der Waals surface area (Å²) in [6.45, 7) is 0. The van der Waals surface area contributed by atoms with Crippen LogP contribution in [-0.4, -0.2) is 4.57 Å². The molecule has 0 unspecified atom stereocenters. The van der Waals surface area contributed by atoms with E-state index in [4.69, 9.17) is 11.6 Å². The monoisotopic (exact) mass is 479 g/mol. The van der Waals surface area contributed by atoms with Gasteiger partial charge in [0, 0.05) is 21.5 Å². The second-order valence-electron chi connectivity index (χ2n) is 9.17. The van der Waals surface area contributed by atoms with Crippen molar-refractivity contribution in [3.8, 4) is 27.9 Å². The zero-order chi connectivity index (χ0) is 24.1. The van der Waals surface area contributed by atoms with E-state index in [1.807, 2.05) is 12.1 Å². The minimum atomic E-state index is 0.742. The normalized spacial score (nSPS) is 11.5. The highest BCUT2D eigenvalue weighted by Crippen LogP contribution is 2.37. The quantitative estimate of drug-likeness (QED) is 0.237. The Bertz CT molecular complexity index is 1830. The van der Waals surface area contributed by atoms with E-state index in [0.717, 1.165) is 21.8 Å². The van der Waals surface area contributed by atoms with Crippen molar-refractivity contribution in [1.29, 1.82) is 0 Å². The molecule has 1 heterocycles. The summed E-state index contributed by atoms with van der Waals surface area (Å²) in [6, 6.07) is 47.5. The van der Waals surface area contributed by atoms with Gasteiger partial charge in [0.15, 0.2) is 0 Å². The summed E-state index contributed by atoms with van der Waals surface area (Å²) in [6.07, 6.45) is 0. The van der Waals surface area contributed by atoms with Gasteiger partial charge >= 0.3 is 0 Å². The van der Waals surface area contributed by atoms with Crippen LogP contribution in [0.4, 0.5) is 0 Å². The number of rotatable bonds is 3. The number of para-hydroxylation sites is 2. The minimum absolute atomic E-state index is 0.742. The fourth-order valence-electron chi connectivity index (χ4n) is 5.38. The summed E-state index contributed by atoms with van der Waals surface area (Å²) in [5.74, 6) is 0. The van der Waals surface area contributed by atoms with Crippen LogP contribution in [0.2, 0.25) is 5.02 Å². The average Bonchev–Trinajstić information content (AvgIpc) is 3.27. The second kappa shape index (κ2) is 8.41. The SMILES string of the molecule is Clc1ccc(-c2cc(-c3cccc4ccccc34)cc(-n3c4ccccc4c4ccccc43)c2)cc1. The molecule has 0 radical (unpaired) electrons. The third kappa shape index (κ3) is 3.40. The molecule has 2 heteroatoms. The molecule has 0 N–H and O–H groups in total. The molecular formula is C34H22ClN. The first-order valence-corrected chi connectivity index (χ1v) is 12.5. The van der Waals surface area contributed by atoms with Gasteiger partial charge in [0.1, 0.15) is 0 Å². The molecule has 0 aliphatic heterocycles. The maximum absolute atomic E-state index is 6.23. The predicted molar refractivity (Wildman–Crippen MR) is 154 cm³/mol. The Kier molecular flexibility index (Phi) is 4.90. The van der Waals surface area contributed by atoms with Crippen molar-refractivity contribution in [2.45, 2.75) is 0 Å². The standard InChI is InChI=1S/C34H22ClN/c35-27-18-16-23(17-19-27)25-20-26(30-13-7-9-24-8-1-2-10-29(24)30)22-28(21-25)36-33-14-5-3-11-31(33)32-12-4-6-15-34(32)36/h1-22H. The highest BCUT2D eigenvalue weighted by atomic mass is 35.5. The molecule has 0 spiro atoms. The molecule has 1 nitrogen and oxygen atoms in total. The average molecular weight is 480 g/mol. The molecule has 170 valence electrons. The first-order valence-electron chi connectivity index (χ1n) is 12.1. The smallest absolute Gasteiger partial charge is 0.0541 e. The van der Waals surface area contributed by atoms with Crippen LogP contribution in [0.5, 0.6) is 0 Å². The van der Waals surface area contributed by atoms with Gasteiger partial charge in [0.05, 0.1) is 11.0 Å². The first-order chi connectivity index (χ1) is 17.8. The van der Waals surface area contributed by atoms with Gasteiger partial charge in [-0.25, -0.2) is 0 Å². The van der Waals surface area contributed by atoms with Crippen LogP contribution in [0.1, 0.15) is 0 Å². The summed E-state index contributed by atoms with van der Waals surface area (Å²) in [7, 11) is 0. The van der Waals surface area contributed by atoms with E-state index in [-0.39, 0.29) is 0 Å². The Morgan fingerprint density at radius 2 is 1.03 bits per heavy atom. The number of benzene rings is 6. The molecule has 0 saturated carbocycles. The van der Waals surface area contributed by atoms with E-state index < -0.39 is 0 Å². The third-order valence-corrected chi connectivity index (χ3v) is 7.29. The summed E-state index contributed by atoms with van der Waals surface area (Å²) in [5.41, 5.74) is 8.27. The molecule has 0 atom stereocenters. The van der Waals surface area contributed by atoms with Gasteiger partial charge < -0.3 is 4.57 Å². The number of aromatic nitrogens is 1. The van der Waals surface area contributed by atoms with E-state index in [2.05, 4.69) is 126 Å². The van der Waals surface area contributed by atoms with Crippen LogP contribution < -0.4 is 0 Å². The minimum Gasteiger partial charge on any atom is -0.309 e. The molecule has 0 fully saturated rings. The lowest BCUT2D eigenvalue weighted by Gasteiger charge is -2.15. The number of hydrogen-bond acceptors (Lipinski definition) is 0. The van der Waals surface area contributed by atoms with E-state index in [1.54, 1.807) is 0 Å². The van der Waals surface area contributed by atoms with Gasteiger partial charge in [-0.1, -0.05) is 103 Å². The van der Waals surface area contributed by atoms with Crippen molar-refractivity contribution in [1.82, 2.24) is 4.57 Å². The first kappa shape index (κ1) is 21.0. The highest BCUT2D eigenvalue weighted by molar-refractivity contribution is 6.30. The van der Waals surface area contributed by atoms with Gasteiger partial charge in [-0.3, -0.25) is 0 Å². The molecule has 0 bridgehead atoms. The Labute approximate surface area is 214 Å². The third-order valence-electron chi connectivity index (χ3n) is 7.03. The van der Waals surface area contributed by atoms with Crippen molar-refractivity contribution in [2.24, 2.45) is 0 Å². The maximum atomic E-state index is 6.23. The topological polar surface area (TPSA) is 4.93 Å². The molecule has 7 aromatic rings. The molecule has 0 aliphatic rings. The van der Waals surface area contributed by atoms with E-state index in [0.29, 0.717) is 0 Å². The molecule has 7 rings (SSSR count). The summed E-state index contributed by atoms with van der Waals surface area (Å²) in [5, 5.41) is 5.76. The van der Waals surface area contributed by atoms with Gasteiger partial charge in [-0.2, -0.15) is 0 Å². The number of hydrogen-bond donors (Lipinski definition) is 0. The van der Waals surface area contributed by atoms with Gasteiger partial charge in [-0.15, -0.1) is 0 Å². The Hall–Kier alpha value is -4.33. The Morgan fingerprint density at radius 1 is 0.444 bits per heavy atom. The zero-order valence-corrected chi connectivity index (χ0v) is 20.3. The van der Waals surface area contributed by atoms with E-state index in [9.17, 15) is 0 Å². The molecule has 0 aliphatic carbocycles. The molecule has 0 amide bonds. The van der Waals surface area contributed by atoms with Crippen molar-refractivity contribution in [3.63, 3.8) is 0 Å². The summed E-state index contributed by atoms with van der Waals surface area (Å²) >= 11 is 6.23. The lowest BCUT2D eigenvalue weighted by Crippen LogP contribution is -1.96. The molecule has 0 saturated heterocycles. The van der Waals surface area contributed by atoms with Crippen molar-refractivity contribution < 1.29 is 0 Å². The van der Waals surface area contributed by atoms with Crippen LogP contribution in [-0.2, 0) is 0 Å². The van der Waals surface area contributed by atoms with Crippen LogP contribution in [0, 0.1) is 0 Å². The summed E-state index contributed by atoms with van der Waals surface area (Å²) in [4.78, 5) is 0. The van der Waals surface area contributed by atoms with Crippen molar-refractivity contribution >= 4 is 44.2 Å². The number of fused-ring (bicyclic) bond motifs is 4. The maximum Gasteiger partial charge on any atom is 0.0541 e. The van der Waals surface area contributed by atoms with E-state index in [1.165, 1.54) is 43.7 Å². The highest BCUT2D eigenvalue weighted by Gasteiger charge is 2.15. The van der Waals surface area contributed by atoms with Gasteiger partial charge in [0.2, 0.25) is 0 Å². The van der Waals surface area contributed by atoms with Crippen LogP contribution in [0.25, 0.3) is 60.5 Å². The van der Waals surface area contributed by atoms with Crippen LogP contribution in [0.3, 0.4) is 0 Å². The zero-order valence-electron chi connectivity index (χ0n) is 19.5. The molecule has 6 aromatic carbocycles. The van der Waals surface area contributed by atoms with Gasteiger partial charge in [0.25, 0.3) is 0 Å². The van der Waals surface area contributed by atoms with Gasteiger partial charge in [-0.05, 0) is 75.5 Å². The number of halogens is 1. The van der Waals surface area contributed by atoms with Crippen LogP contribution in [0.15, 0.2) is 133 Å². The van der Waals surface area contributed by atoms with Crippen molar-refractivity contribution in [2.75, 3.05) is 0 Å². The lowest BCUT2D eigenvalue weighted by atomic mass is 9.94. The Morgan fingerprint density at radius 3 is 1.75 bits per heavy atom. The second-order valence-corrected chi connectivity index (χ2v) is 9.61. The lowest BCUT2D eigenvalue weighted by molar-refractivity contribution is 1.18. The van der Waals surface area contributed by atoms with Crippen molar-refractivity contribution in [3.05, 3.63) is 138 Å². The predicted octanol–water partition coefficient (Wildman–Crippen LogP) is 9.92. The number of nitrogens with zero attached hydrogens (tertiary/aromatic N) is 1. The van der Waals surface area contributed by atoms with E-state index >= 15 is 0 Å². The molecule has 1 aromatic heterocycles. The molecular weight excluding hydrogens is 458 g/mol. The largest absolute Gasteiger partial charge is 0.309 e. The fourth-order valence-corrected chi connectivity index (χ4v) is 5.51. The molecule has 36 heavy (non-hydrogen) atoms.